The molecule has 0 aliphatic carbocycles. The first kappa shape index (κ1) is 15.5. The maximum absolute atomic E-state index is 2.50. The Hall–Kier alpha value is -0.930. The summed E-state index contributed by atoms with van der Waals surface area (Å²) in [6.07, 6.45) is 1.27. The van der Waals surface area contributed by atoms with Crippen molar-refractivity contribution < 1.29 is 9.05 Å². The van der Waals surface area contributed by atoms with E-state index in [9.17, 15) is 0 Å². The van der Waals surface area contributed by atoms with Crippen LogP contribution in [0.15, 0.2) is 24.3 Å². The number of nitrogens with zero attached hydrogens (tertiary/aromatic N) is 2. The summed E-state index contributed by atoms with van der Waals surface area (Å²) in [5.41, 5.74) is 1.40. The summed E-state index contributed by atoms with van der Waals surface area (Å²) in [5.74, 6) is 0. The molecule has 0 unspecified atom stereocenters. The van der Waals surface area contributed by atoms with Gasteiger partial charge in [-0.1, -0.05) is 23.5 Å². The van der Waals surface area contributed by atoms with Crippen molar-refractivity contribution in [1.82, 2.24) is 0 Å². The van der Waals surface area contributed by atoms with Crippen LogP contribution in [-0.4, -0.2) is 30.7 Å². The van der Waals surface area contributed by atoms with Gasteiger partial charge in [0.15, 0.2) is 6.54 Å². The van der Waals surface area contributed by atoms with E-state index in [2.05, 4.69) is 56.5 Å². The normalized spacial score (nSPS) is 12.2. The zero-order valence-electron chi connectivity index (χ0n) is 13.4. The summed E-state index contributed by atoms with van der Waals surface area (Å²) >= 11 is 1.91. The van der Waals surface area contributed by atoms with E-state index in [-0.39, 0.29) is 0 Å². The number of aryl methyl sites for hydroxylation is 2. The topological polar surface area (TPSA) is 3.88 Å². The van der Waals surface area contributed by atoms with Gasteiger partial charge >= 0.3 is 0 Å². The molecule has 3 heteroatoms. The highest BCUT2D eigenvalue weighted by molar-refractivity contribution is 7.18. The van der Waals surface area contributed by atoms with Crippen molar-refractivity contribution in [2.45, 2.75) is 40.7 Å². The van der Waals surface area contributed by atoms with Crippen LogP contribution in [-0.2, 0) is 6.54 Å². The lowest BCUT2D eigenvalue weighted by Gasteiger charge is -2.35. The molecule has 0 saturated heterocycles. The molecule has 0 saturated carbocycles. The molecule has 0 bridgehead atoms. The van der Waals surface area contributed by atoms with Crippen molar-refractivity contribution in [2.24, 2.45) is 0 Å². The average molecular weight is 292 g/mol. The first-order chi connectivity index (χ1) is 9.65. The van der Waals surface area contributed by atoms with Crippen molar-refractivity contribution in [1.29, 1.82) is 0 Å². The minimum absolute atomic E-state index is 1.15. The Morgan fingerprint density at radius 3 is 2.35 bits per heavy atom. The molecule has 2 aromatic rings. The van der Waals surface area contributed by atoms with Crippen LogP contribution in [0.4, 0.5) is 0 Å². The summed E-state index contributed by atoms with van der Waals surface area (Å²) in [7, 11) is 0. The minimum atomic E-state index is 1.15. The van der Waals surface area contributed by atoms with E-state index in [1.54, 1.807) is 0 Å². The number of aromatic nitrogens is 1. The van der Waals surface area contributed by atoms with E-state index in [1.807, 2.05) is 11.3 Å². The van der Waals surface area contributed by atoms with Crippen molar-refractivity contribution in [3.8, 4) is 0 Å². The number of fused-ring (bicyclic) bond motifs is 1. The zero-order valence-corrected chi connectivity index (χ0v) is 14.2. The molecule has 20 heavy (non-hydrogen) atoms. The summed E-state index contributed by atoms with van der Waals surface area (Å²) in [6.45, 7) is 15.4. The predicted octanol–water partition coefficient (Wildman–Crippen LogP) is 3.76. The molecule has 0 aliphatic heterocycles. The Kier molecular flexibility index (Phi) is 5.17. The van der Waals surface area contributed by atoms with Crippen LogP contribution >= 0.6 is 11.3 Å². The van der Waals surface area contributed by atoms with Crippen molar-refractivity contribution in [3.05, 3.63) is 29.3 Å². The lowest BCUT2D eigenvalue weighted by molar-refractivity contribution is -0.925. The van der Waals surface area contributed by atoms with E-state index >= 15 is 0 Å². The maximum Gasteiger partial charge on any atom is 0.235 e. The SMILES string of the molecule is CC[N+](CC)(CC)CCC[n+]1c(C)sc2ccccc21. The molecule has 1 heterocycles. The predicted molar refractivity (Wildman–Crippen MR) is 88.1 cm³/mol. The van der Waals surface area contributed by atoms with Crippen LogP contribution < -0.4 is 4.57 Å². The second-order valence-electron chi connectivity index (χ2n) is 5.61. The molecular weight excluding hydrogens is 264 g/mol. The first-order valence-corrected chi connectivity index (χ1v) is 8.70. The molecule has 0 fully saturated rings. The summed E-state index contributed by atoms with van der Waals surface area (Å²) in [5, 5.41) is 1.42. The van der Waals surface area contributed by atoms with E-state index in [0.29, 0.717) is 0 Å². The third-order valence-corrected chi connectivity index (χ3v) is 5.90. The third kappa shape index (κ3) is 3.04. The molecule has 0 N–H and O–H groups in total. The summed E-state index contributed by atoms with van der Waals surface area (Å²) in [6, 6.07) is 8.76. The van der Waals surface area contributed by atoms with Gasteiger partial charge in [-0.2, -0.15) is 4.57 Å². The Bertz CT molecular complexity index is 547. The standard InChI is InChI=1S/C17H28N2S/c1-5-19(6-2,7-3)14-10-13-18-15(4)20-17-12-9-8-11-16(17)18/h8-9,11-12H,5-7,10,13-14H2,1-4H3/q+2. The van der Waals surface area contributed by atoms with Gasteiger partial charge in [-0.25, -0.2) is 0 Å². The van der Waals surface area contributed by atoms with Gasteiger partial charge in [0.2, 0.25) is 10.5 Å². The molecule has 2 nitrogen and oxygen atoms in total. The van der Waals surface area contributed by atoms with Gasteiger partial charge < -0.3 is 4.48 Å². The Morgan fingerprint density at radius 2 is 1.70 bits per heavy atom. The first-order valence-electron chi connectivity index (χ1n) is 7.89. The fourth-order valence-corrected chi connectivity index (χ4v) is 4.19. The largest absolute Gasteiger partial charge is 0.324 e. The van der Waals surface area contributed by atoms with Crippen LogP contribution in [0.2, 0.25) is 0 Å². The molecule has 0 aliphatic rings. The van der Waals surface area contributed by atoms with Crippen molar-refractivity contribution in [2.75, 3.05) is 26.2 Å². The number of benzene rings is 1. The molecule has 1 aromatic carbocycles. The zero-order chi connectivity index (χ0) is 14.6. The second-order valence-corrected chi connectivity index (χ2v) is 6.84. The van der Waals surface area contributed by atoms with Gasteiger partial charge in [0.05, 0.1) is 32.6 Å². The molecule has 2 rings (SSSR count). The average Bonchev–Trinajstić information content (AvgIpc) is 2.80. The van der Waals surface area contributed by atoms with Gasteiger partial charge in [0.1, 0.15) is 4.70 Å². The molecule has 0 atom stereocenters. The minimum Gasteiger partial charge on any atom is -0.324 e. The number of quaternary nitrogens is 1. The van der Waals surface area contributed by atoms with E-state index in [0.717, 1.165) is 6.54 Å². The van der Waals surface area contributed by atoms with E-state index in [4.69, 9.17) is 0 Å². The Balaban J connectivity index is 2.08. The van der Waals surface area contributed by atoms with Crippen molar-refractivity contribution >= 4 is 21.6 Å². The third-order valence-electron chi connectivity index (χ3n) is 4.82. The summed E-state index contributed by atoms with van der Waals surface area (Å²) in [4.78, 5) is 0. The van der Waals surface area contributed by atoms with Gasteiger partial charge in [0, 0.05) is 13.0 Å². The van der Waals surface area contributed by atoms with E-state index < -0.39 is 0 Å². The number of hydrogen-bond acceptors (Lipinski definition) is 1. The van der Waals surface area contributed by atoms with Gasteiger partial charge in [-0.05, 0) is 26.8 Å². The Morgan fingerprint density at radius 1 is 1.05 bits per heavy atom. The monoisotopic (exact) mass is 292 g/mol. The molecule has 0 radical (unpaired) electrons. The second kappa shape index (κ2) is 6.68. The molecular formula is C17H28N2S+2. The lowest BCUT2D eigenvalue weighted by Crippen LogP contribution is -2.49. The Labute approximate surface area is 127 Å². The highest BCUT2D eigenvalue weighted by Gasteiger charge is 2.22. The number of rotatable bonds is 7. The van der Waals surface area contributed by atoms with Crippen LogP contribution in [0.1, 0.15) is 32.2 Å². The number of para-hydroxylation sites is 1. The molecule has 0 amide bonds. The van der Waals surface area contributed by atoms with Gasteiger partial charge in [-0.15, -0.1) is 0 Å². The number of thiazole rings is 1. The van der Waals surface area contributed by atoms with Gasteiger partial charge in [0.25, 0.3) is 0 Å². The van der Waals surface area contributed by atoms with Crippen LogP contribution in [0, 0.1) is 6.92 Å². The van der Waals surface area contributed by atoms with Crippen LogP contribution in [0.5, 0.6) is 0 Å². The van der Waals surface area contributed by atoms with Crippen molar-refractivity contribution in [3.63, 3.8) is 0 Å². The highest BCUT2D eigenvalue weighted by atomic mass is 32.1. The lowest BCUT2D eigenvalue weighted by atomic mass is 10.2. The van der Waals surface area contributed by atoms with Gasteiger partial charge in [-0.3, -0.25) is 0 Å². The highest BCUT2D eigenvalue weighted by Crippen LogP contribution is 2.19. The number of hydrogen-bond donors (Lipinski definition) is 0. The van der Waals surface area contributed by atoms with Crippen LogP contribution in [0.3, 0.4) is 0 Å². The molecule has 1 aromatic heterocycles. The maximum atomic E-state index is 2.50. The quantitative estimate of drug-likeness (QED) is 0.540. The fourth-order valence-electron chi connectivity index (χ4n) is 3.14. The molecule has 110 valence electrons. The molecule has 0 spiro atoms. The van der Waals surface area contributed by atoms with Crippen LogP contribution in [0.25, 0.3) is 10.2 Å². The smallest absolute Gasteiger partial charge is 0.235 e. The van der Waals surface area contributed by atoms with E-state index in [1.165, 1.54) is 52.3 Å². The summed E-state index contributed by atoms with van der Waals surface area (Å²) < 4.78 is 5.16. The fraction of sp³-hybridized carbons (Fsp3) is 0.588.